The maximum absolute atomic E-state index is 6.10. The van der Waals surface area contributed by atoms with E-state index in [-0.39, 0.29) is 0 Å². The SMILES string of the molecule is CSC(=S)O[C@@H]1CC[C@@]2(C)C(=CC[C@H]3[C@@H]4CC[C@H]([C@@H](C)CCCC(C)C)[C@@]4(C)CC[C@@H]32)C1. The van der Waals surface area contributed by atoms with Gasteiger partial charge in [-0.15, -0.1) is 0 Å². The van der Waals surface area contributed by atoms with E-state index >= 15 is 0 Å². The first-order valence-electron chi connectivity index (χ1n) is 13.6. The minimum Gasteiger partial charge on any atom is -0.475 e. The standard InChI is InChI=1S/C29H48OS2/c1-19(2)8-7-9-20(3)24-12-13-25-23-11-10-21-18-22(30-27(31)32-6)14-16-28(21,4)26(23)15-17-29(24,25)5/h10,19-20,22-26H,7-9,11-18H2,1-6H3/t20-,22+,23-,24+,25-,26-,28-,29+/m0/s1. The van der Waals surface area contributed by atoms with Crippen molar-refractivity contribution in [3.8, 4) is 0 Å². The predicted molar refractivity (Wildman–Crippen MR) is 144 cm³/mol. The third-order valence-electron chi connectivity index (χ3n) is 10.7. The van der Waals surface area contributed by atoms with E-state index < -0.39 is 0 Å². The molecule has 0 spiro atoms. The molecule has 4 aliphatic rings. The summed E-state index contributed by atoms with van der Waals surface area (Å²) in [4.78, 5) is 0. The number of thiocarbonyl (C=S) groups is 1. The van der Waals surface area contributed by atoms with Crippen LogP contribution >= 0.6 is 24.0 Å². The van der Waals surface area contributed by atoms with Crippen LogP contribution in [0.3, 0.4) is 0 Å². The van der Waals surface area contributed by atoms with Gasteiger partial charge < -0.3 is 4.74 Å². The molecule has 182 valence electrons. The molecule has 0 bridgehead atoms. The maximum atomic E-state index is 6.10. The van der Waals surface area contributed by atoms with Crippen LogP contribution in [0.2, 0.25) is 0 Å². The Morgan fingerprint density at radius 2 is 1.88 bits per heavy atom. The van der Waals surface area contributed by atoms with Crippen LogP contribution in [0.1, 0.15) is 105 Å². The minimum absolute atomic E-state index is 0.308. The van der Waals surface area contributed by atoms with E-state index in [4.69, 9.17) is 17.0 Å². The van der Waals surface area contributed by atoms with Gasteiger partial charge in [-0.2, -0.15) is 0 Å². The van der Waals surface area contributed by atoms with Crippen molar-refractivity contribution >= 4 is 28.4 Å². The first-order valence-corrected chi connectivity index (χ1v) is 15.3. The zero-order chi connectivity index (χ0) is 23.1. The monoisotopic (exact) mass is 476 g/mol. The van der Waals surface area contributed by atoms with Gasteiger partial charge in [0, 0.05) is 6.42 Å². The van der Waals surface area contributed by atoms with E-state index in [0.29, 0.717) is 16.9 Å². The average molecular weight is 477 g/mol. The van der Waals surface area contributed by atoms with E-state index in [0.717, 1.165) is 46.3 Å². The highest BCUT2D eigenvalue weighted by molar-refractivity contribution is 8.22. The number of rotatable bonds is 6. The molecule has 3 heteroatoms. The fourth-order valence-electron chi connectivity index (χ4n) is 8.94. The van der Waals surface area contributed by atoms with E-state index in [1.807, 2.05) is 6.26 Å². The minimum atomic E-state index is 0.308. The Kier molecular flexibility index (Phi) is 7.78. The van der Waals surface area contributed by atoms with Crippen LogP contribution < -0.4 is 0 Å². The van der Waals surface area contributed by atoms with Crippen molar-refractivity contribution < 1.29 is 4.74 Å². The Labute approximate surface area is 208 Å². The molecule has 3 saturated carbocycles. The summed E-state index contributed by atoms with van der Waals surface area (Å²) in [5.41, 5.74) is 2.70. The number of allylic oxidation sites excluding steroid dienone is 1. The molecule has 4 rings (SSSR count). The summed E-state index contributed by atoms with van der Waals surface area (Å²) in [6.45, 7) is 12.7. The highest BCUT2D eigenvalue weighted by Crippen LogP contribution is 2.67. The molecule has 0 saturated heterocycles. The lowest BCUT2D eigenvalue weighted by molar-refractivity contribution is -0.0561. The summed E-state index contributed by atoms with van der Waals surface area (Å²) in [6.07, 6.45) is 20.1. The smallest absolute Gasteiger partial charge is 0.219 e. The van der Waals surface area contributed by atoms with Crippen molar-refractivity contribution in [1.82, 2.24) is 0 Å². The molecule has 0 N–H and O–H groups in total. The third kappa shape index (κ3) is 4.60. The largest absolute Gasteiger partial charge is 0.475 e. The number of hydrogen-bond donors (Lipinski definition) is 0. The third-order valence-corrected chi connectivity index (χ3v) is 11.7. The molecule has 8 atom stereocenters. The van der Waals surface area contributed by atoms with Gasteiger partial charge >= 0.3 is 0 Å². The van der Waals surface area contributed by atoms with Gasteiger partial charge in [-0.1, -0.05) is 77.3 Å². The van der Waals surface area contributed by atoms with Gasteiger partial charge in [0.2, 0.25) is 4.38 Å². The molecular formula is C29H48OS2. The highest BCUT2D eigenvalue weighted by atomic mass is 32.2. The maximum Gasteiger partial charge on any atom is 0.219 e. The van der Waals surface area contributed by atoms with E-state index in [9.17, 15) is 0 Å². The van der Waals surface area contributed by atoms with Gasteiger partial charge in [-0.25, -0.2) is 0 Å². The van der Waals surface area contributed by atoms with Gasteiger partial charge in [0.05, 0.1) is 0 Å². The number of fused-ring (bicyclic) bond motifs is 5. The molecule has 0 aromatic heterocycles. The Balaban J connectivity index is 1.45. The van der Waals surface area contributed by atoms with E-state index in [2.05, 4.69) is 40.7 Å². The van der Waals surface area contributed by atoms with Crippen molar-refractivity contribution in [2.24, 2.45) is 46.3 Å². The predicted octanol–water partition coefficient (Wildman–Crippen LogP) is 9.06. The van der Waals surface area contributed by atoms with Gasteiger partial charge in [-0.05, 0) is 110 Å². The zero-order valence-corrected chi connectivity index (χ0v) is 23.3. The van der Waals surface area contributed by atoms with E-state index in [1.54, 1.807) is 17.3 Å². The second-order valence-electron chi connectivity index (χ2n) is 12.7. The Morgan fingerprint density at radius 3 is 2.59 bits per heavy atom. The van der Waals surface area contributed by atoms with Gasteiger partial charge in [0.25, 0.3) is 0 Å². The van der Waals surface area contributed by atoms with Gasteiger partial charge in [-0.3, -0.25) is 0 Å². The van der Waals surface area contributed by atoms with Crippen LogP contribution in [-0.4, -0.2) is 16.7 Å². The van der Waals surface area contributed by atoms with Gasteiger partial charge in [0.1, 0.15) is 6.10 Å². The summed E-state index contributed by atoms with van der Waals surface area (Å²) >= 11 is 6.93. The summed E-state index contributed by atoms with van der Waals surface area (Å²) in [5, 5.41) is 0. The summed E-state index contributed by atoms with van der Waals surface area (Å²) in [6, 6.07) is 0. The molecule has 3 fully saturated rings. The number of ether oxygens (including phenoxy) is 1. The fraction of sp³-hybridized carbons (Fsp3) is 0.897. The molecule has 0 aliphatic heterocycles. The topological polar surface area (TPSA) is 9.23 Å². The first-order chi connectivity index (χ1) is 15.2. The van der Waals surface area contributed by atoms with Crippen LogP contribution in [0.25, 0.3) is 0 Å². The average Bonchev–Trinajstić information content (AvgIpc) is 3.11. The number of thioether (sulfide) groups is 1. The van der Waals surface area contributed by atoms with Crippen LogP contribution in [0.5, 0.6) is 0 Å². The Morgan fingerprint density at radius 1 is 1.09 bits per heavy atom. The van der Waals surface area contributed by atoms with Crippen molar-refractivity contribution in [2.45, 2.75) is 111 Å². The molecule has 0 aromatic carbocycles. The molecule has 0 radical (unpaired) electrons. The molecule has 0 aromatic rings. The fourth-order valence-corrected chi connectivity index (χ4v) is 9.31. The lowest BCUT2D eigenvalue weighted by atomic mass is 9.47. The Bertz CT molecular complexity index is 714. The molecule has 1 nitrogen and oxygen atoms in total. The van der Waals surface area contributed by atoms with Gasteiger partial charge in [0.15, 0.2) is 0 Å². The summed E-state index contributed by atoms with van der Waals surface area (Å²) in [7, 11) is 0. The number of hydrogen-bond acceptors (Lipinski definition) is 3. The normalized spacial score (nSPS) is 42.0. The van der Waals surface area contributed by atoms with Crippen molar-refractivity contribution in [2.75, 3.05) is 6.26 Å². The lowest BCUT2D eigenvalue weighted by Crippen LogP contribution is -2.51. The molecule has 4 aliphatic carbocycles. The molecule has 32 heavy (non-hydrogen) atoms. The van der Waals surface area contributed by atoms with E-state index in [1.165, 1.54) is 64.2 Å². The molecule has 0 heterocycles. The van der Waals surface area contributed by atoms with Crippen LogP contribution in [0.15, 0.2) is 11.6 Å². The van der Waals surface area contributed by atoms with Crippen LogP contribution in [0.4, 0.5) is 0 Å². The second kappa shape index (κ2) is 9.92. The zero-order valence-electron chi connectivity index (χ0n) is 21.6. The molecule has 0 amide bonds. The summed E-state index contributed by atoms with van der Waals surface area (Å²) in [5.74, 6) is 5.47. The van der Waals surface area contributed by atoms with Crippen molar-refractivity contribution in [1.29, 1.82) is 0 Å². The quantitative estimate of drug-likeness (QED) is 0.279. The lowest BCUT2D eigenvalue weighted by Gasteiger charge is -2.58. The summed E-state index contributed by atoms with van der Waals surface area (Å²) < 4.78 is 6.82. The van der Waals surface area contributed by atoms with Crippen molar-refractivity contribution in [3.63, 3.8) is 0 Å². The molecule has 0 unspecified atom stereocenters. The van der Waals surface area contributed by atoms with Crippen molar-refractivity contribution in [3.05, 3.63) is 11.6 Å². The van der Waals surface area contributed by atoms with Crippen LogP contribution in [0, 0.1) is 46.3 Å². The van der Waals surface area contributed by atoms with Crippen LogP contribution in [-0.2, 0) is 4.74 Å². The molecular weight excluding hydrogens is 428 g/mol. The Hall–Kier alpha value is -0.0200. The highest BCUT2D eigenvalue weighted by Gasteiger charge is 2.59. The first kappa shape index (κ1) is 25.1. The second-order valence-corrected chi connectivity index (χ2v) is 14.1.